The number of nitrogens with zero attached hydrogens (tertiary/aromatic N) is 2. The number of fused-ring (bicyclic) bond motifs is 2. The van der Waals surface area contributed by atoms with Gasteiger partial charge in [-0.05, 0) is 38.5 Å². The fourth-order valence-corrected chi connectivity index (χ4v) is 3.81. The van der Waals surface area contributed by atoms with Crippen molar-refractivity contribution in [3.8, 4) is 5.75 Å². The molecule has 0 spiro atoms. The van der Waals surface area contributed by atoms with E-state index in [1.807, 2.05) is 20.8 Å². The number of amides is 4. The number of anilines is 2. The standard InChI is InChI=1S/C25H29N7O5/c1-25(2,3)32-20(34)7-6-19(33)30-15-9-17-22(26-11-15)23(29-13-28-17)24(36)27-10-14-4-5-18-16(8-14)31-21(35)12-37-18/h4-5,8,11,13,26H,6-7,9-10,12H2,1-3H3,(H,27,36)(H,30,33)(H,31,35)(H,32,34). The van der Waals surface area contributed by atoms with E-state index in [4.69, 9.17) is 4.74 Å². The van der Waals surface area contributed by atoms with Gasteiger partial charge in [0.15, 0.2) is 12.3 Å². The van der Waals surface area contributed by atoms with Gasteiger partial charge in [-0.25, -0.2) is 9.97 Å². The summed E-state index contributed by atoms with van der Waals surface area (Å²) >= 11 is 0. The second kappa shape index (κ2) is 10.6. The highest BCUT2D eigenvalue weighted by Crippen LogP contribution is 2.28. The third-order valence-corrected chi connectivity index (χ3v) is 5.41. The van der Waals surface area contributed by atoms with E-state index in [0.29, 0.717) is 28.5 Å². The fraction of sp³-hybridized carbons (Fsp3) is 0.360. The average molecular weight is 508 g/mol. The number of aromatic nitrogens is 2. The molecule has 2 aliphatic rings. The zero-order valence-corrected chi connectivity index (χ0v) is 20.9. The predicted octanol–water partition coefficient (Wildman–Crippen LogP) is 1.36. The van der Waals surface area contributed by atoms with E-state index >= 15 is 0 Å². The van der Waals surface area contributed by atoms with E-state index in [2.05, 4.69) is 36.6 Å². The first-order valence-electron chi connectivity index (χ1n) is 11.8. The van der Waals surface area contributed by atoms with Crippen LogP contribution in [0, 0.1) is 0 Å². The van der Waals surface area contributed by atoms with Gasteiger partial charge in [0.25, 0.3) is 11.8 Å². The van der Waals surface area contributed by atoms with Gasteiger partial charge in [0.2, 0.25) is 11.8 Å². The molecule has 0 saturated carbocycles. The van der Waals surface area contributed by atoms with Gasteiger partial charge in [0.05, 0.1) is 17.1 Å². The van der Waals surface area contributed by atoms with Crippen LogP contribution in [0.1, 0.15) is 55.4 Å². The molecule has 0 aliphatic carbocycles. The van der Waals surface area contributed by atoms with Crippen molar-refractivity contribution in [3.05, 3.63) is 53.4 Å². The molecule has 2 aromatic rings. The number of rotatable bonds is 7. The Hall–Kier alpha value is -4.48. The van der Waals surface area contributed by atoms with Crippen molar-refractivity contribution in [2.24, 2.45) is 0 Å². The van der Waals surface area contributed by atoms with Crippen molar-refractivity contribution in [2.45, 2.75) is 52.1 Å². The van der Waals surface area contributed by atoms with Crippen LogP contribution in [0.15, 0.2) is 36.4 Å². The maximum atomic E-state index is 12.9. The van der Waals surface area contributed by atoms with Gasteiger partial charge in [-0.15, -0.1) is 0 Å². The normalized spacial score (nSPS) is 14.0. The van der Waals surface area contributed by atoms with Crippen LogP contribution in [-0.2, 0) is 27.3 Å². The summed E-state index contributed by atoms with van der Waals surface area (Å²) in [6.45, 7) is 5.81. The van der Waals surface area contributed by atoms with Crippen molar-refractivity contribution in [3.63, 3.8) is 0 Å². The lowest BCUT2D eigenvalue weighted by molar-refractivity contribution is -0.126. The zero-order valence-electron chi connectivity index (χ0n) is 20.9. The maximum Gasteiger partial charge on any atom is 0.272 e. The van der Waals surface area contributed by atoms with Crippen LogP contribution in [-0.4, -0.2) is 45.7 Å². The number of ether oxygens (including phenoxy) is 1. The summed E-state index contributed by atoms with van der Waals surface area (Å²) in [6, 6.07) is 5.28. The van der Waals surface area contributed by atoms with Gasteiger partial charge in [0, 0.05) is 43.2 Å². The highest BCUT2D eigenvalue weighted by molar-refractivity contribution is 5.98. The molecule has 0 atom stereocenters. The molecule has 1 aromatic carbocycles. The number of hydrogen-bond donors (Lipinski definition) is 5. The summed E-state index contributed by atoms with van der Waals surface area (Å²) < 4.78 is 5.35. The minimum atomic E-state index is -0.407. The highest BCUT2D eigenvalue weighted by atomic mass is 16.5. The van der Waals surface area contributed by atoms with E-state index in [1.54, 1.807) is 24.4 Å². The lowest BCUT2D eigenvalue weighted by atomic mass is 10.1. The molecule has 4 rings (SSSR count). The van der Waals surface area contributed by atoms with Crippen molar-refractivity contribution < 1.29 is 23.9 Å². The first-order valence-corrected chi connectivity index (χ1v) is 11.8. The molecule has 194 valence electrons. The van der Waals surface area contributed by atoms with Crippen molar-refractivity contribution in [1.82, 2.24) is 25.9 Å². The second-order valence-electron chi connectivity index (χ2n) is 9.73. The van der Waals surface area contributed by atoms with Crippen molar-refractivity contribution in [1.29, 1.82) is 0 Å². The number of hydrogen-bond acceptors (Lipinski definition) is 8. The SMILES string of the molecule is CC(C)(C)NC(=O)CCC(=O)NC1=CNc2c(ncnc2C(=O)NCc2ccc3c(c2)NC(=O)CO3)C1. The van der Waals surface area contributed by atoms with E-state index < -0.39 is 5.91 Å². The van der Waals surface area contributed by atoms with E-state index in [-0.39, 0.29) is 61.4 Å². The van der Waals surface area contributed by atoms with Crippen molar-refractivity contribution >= 4 is 35.0 Å². The molecule has 0 bridgehead atoms. The lowest BCUT2D eigenvalue weighted by Crippen LogP contribution is -2.41. The molecular formula is C25H29N7O5. The van der Waals surface area contributed by atoms with Crippen LogP contribution in [0.4, 0.5) is 11.4 Å². The molecule has 37 heavy (non-hydrogen) atoms. The molecule has 4 amide bonds. The number of allylic oxidation sites excluding steroid dienone is 1. The number of benzene rings is 1. The molecule has 0 saturated heterocycles. The Morgan fingerprint density at radius 1 is 1.11 bits per heavy atom. The fourth-order valence-electron chi connectivity index (χ4n) is 3.81. The molecular weight excluding hydrogens is 478 g/mol. The highest BCUT2D eigenvalue weighted by Gasteiger charge is 2.23. The summed E-state index contributed by atoms with van der Waals surface area (Å²) in [5.41, 5.74) is 2.71. The van der Waals surface area contributed by atoms with Crippen LogP contribution in [0.5, 0.6) is 5.75 Å². The van der Waals surface area contributed by atoms with Crippen LogP contribution < -0.4 is 31.3 Å². The number of carbonyl (C=O) groups is 4. The van der Waals surface area contributed by atoms with Gasteiger partial charge >= 0.3 is 0 Å². The molecule has 2 aliphatic heterocycles. The lowest BCUT2D eigenvalue weighted by Gasteiger charge is -2.21. The first-order chi connectivity index (χ1) is 17.6. The molecule has 12 nitrogen and oxygen atoms in total. The molecule has 12 heteroatoms. The van der Waals surface area contributed by atoms with Gasteiger partial charge in [-0.1, -0.05) is 6.07 Å². The quantitative estimate of drug-likeness (QED) is 0.375. The monoisotopic (exact) mass is 507 g/mol. The largest absolute Gasteiger partial charge is 0.482 e. The molecule has 0 fully saturated rings. The third-order valence-electron chi connectivity index (χ3n) is 5.41. The minimum absolute atomic E-state index is 0.0245. The molecule has 5 N–H and O–H groups in total. The van der Waals surface area contributed by atoms with E-state index in [1.165, 1.54) is 6.33 Å². The Kier molecular flexibility index (Phi) is 7.37. The summed E-state index contributed by atoms with van der Waals surface area (Å²) in [5.74, 6) is -0.552. The van der Waals surface area contributed by atoms with E-state index in [9.17, 15) is 19.2 Å². The topological polar surface area (TPSA) is 163 Å². The Bertz CT molecular complexity index is 1280. The summed E-state index contributed by atoms with van der Waals surface area (Å²) in [6.07, 6.45) is 3.29. The van der Waals surface area contributed by atoms with Crippen molar-refractivity contribution in [2.75, 3.05) is 17.2 Å². The average Bonchev–Trinajstić information content (AvgIpc) is 2.84. The van der Waals surface area contributed by atoms with Gasteiger partial charge < -0.3 is 31.3 Å². The van der Waals surface area contributed by atoms with Crippen LogP contribution >= 0.6 is 0 Å². The molecule has 1 aromatic heterocycles. The minimum Gasteiger partial charge on any atom is -0.482 e. The number of nitrogens with one attached hydrogen (secondary N) is 5. The molecule has 0 unspecified atom stereocenters. The summed E-state index contributed by atoms with van der Waals surface area (Å²) in [5, 5.41) is 14.2. The zero-order chi connectivity index (χ0) is 26.6. The number of carbonyl (C=O) groups excluding carboxylic acids is 4. The second-order valence-corrected chi connectivity index (χ2v) is 9.73. The summed E-state index contributed by atoms with van der Waals surface area (Å²) in [4.78, 5) is 57.0. The Morgan fingerprint density at radius 2 is 1.89 bits per heavy atom. The third kappa shape index (κ3) is 6.81. The molecule has 0 radical (unpaired) electrons. The van der Waals surface area contributed by atoms with Gasteiger partial charge in [-0.2, -0.15) is 0 Å². The van der Waals surface area contributed by atoms with Crippen LogP contribution in [0.2, 0.25) is 0 Å². The summed E-state index contributed by atoms with van der Waals surface area (Å²) in [7, 11) is 0. The van der Waals surface area contributed by atoms with Gasteiger partial charge in [0.1, 0.15) is 12.1 Å². The Morgan fingerprint density at radius 3 is 2.68 bits per heavy atom. The van der Waals surface area contributed by atoms with Gasteiger partial charge in [-0.3, -0.25) is 19.2 Å². The first kappa shape index (κ1) is 25.6. The van der Waals surface area contributed by atoms with Crippen LogP contribution in [0.3, 0.4) is 0 Å². The smallest absolute Gasteiger partial charge is 0.272 e. The van der Waals surface area contributed by atoms with Crippen LogP contribution in [0.25, 0.3) is 0 Å². The van der Waals surface area contributed by atoms with E-state index in [0.717, 1.165) is 5.56 Å². The Balaban J connectivity index is 1.32. The molecule has 3 heterocycles. The predicted molar refractivity (Wildman–Crippen MR) is 134 cm³/mol. The Labute approximate surface area is 213 Å². The maximum absolute atomic E-state index is 12.9.